The Morgan fingerprint density at radius 2 is 1.58 bits per heavy atom. The van der Waals surface area contributed by atoms with E-state index in [1.54, 1.807) is 0 Å². The first-order valence-electron chi connectivity index (χ1n) is 8.39. The maximum Gasteiger partial charge on any atom is 0.0248 e. The maximum absolute atomic E-state index is 6.44. The third-order valence-electron chi connectivity index (χ3n) is 4.78. The number of nitrogens with zero attached hydrogens (tertiary/aromatic N) is 2. The summed E-state index contributed by atoms with van der Waals surface area (Å²) in [4.78, 5) is 5.31. The highest BCUT2D eigenvalue weighted by Crippen LogP contribution is 2.22. The summed E-state index contributed by atoms with van der Waals surface area (Å²) in [6, 6.07) is 1.07. The molecule has 2 aliphatic rings. The standard InChI is InChI=1S/C16H33N3/c1-14(2)13-18-9-11-19(12-10-18)16-8-6-4-3-5-7-15(16)17/h14-16H,3-13,17H2,1-2H3. The zero-order valence-electron chi connectivity index (χ0n) is 13.0. The zero-order chi connectivity index (χ0) is 13.7. The zero-order valence-corrected chi connectivity index (χ0v) is 13.0. The molecular weight excluding hydrogens is 234 g/mol. The number of piperazine rings is 1. The molecular formula is C16H33N3. The molecule has 1 saturated heterocycles. The summed E-state index contributed by atoms with van der Waals surface area (Å²) in [6.45, 7) is 10.8. The van der Waals surface area contributed by atoms with Crippen LogP contribution in [0.3, 0.4) is 0 Å². The van der Waals surface area contributed by atoms with Crippen LogP contribution in [0.1, 0.15) is 52.4 Å². The fraction of sp³-hybridized carbons (Fsp3) is 1.00. The monoisotopic (exact) mass is 267 g/mol. The SMILES string of the molecule is CC(C)CN1CCN(C2CCCCCCC2N)CC1. The molecule has 1 aliphatic carbocycles. The molecule has 2 N–H and O–H groups in total. The highest BCUT2D eigenvalue weighted by atomic mass is 15.3. The van der Waals surface area contributed by atoms with Crippen molar-refractivity contribution in [2.75, 3.05) is 32.7 Å². The Hall–Kier alpha value is -0.120. The highest BCUT2D eigenvalue weighted by molar-refractivity contribution is 4.86. The van der Waals surface area contributed by atoms with Crippen molar-refractivity contribution >= 4 is 0 Å². The third kappa shape index (κ3) is 4.73. The molecule has 0 aromatic rings. The molecule has 1 saturated carbocycles. The molecule has 3 nitrogen and oxygen atoms in total. The van der Waals surface area contributed by atoms with Crippen molar-refractivity contribution in [1.82, 2.24) is 9.80 Å². The molecule has 2 fully saturated rings. The molecule has 0 spiro atoms. The topological polar surface area (TPSA) is 32.5 Å². The summed E-state index contributed by atoms with van der Waals surface area (Å²) < 4.78 is 0. The summed E-state index contributed by atoms with van der Waals surface area (Å²) >= 11 is 0. The number of hydrogen-bond donors (Lipinski definition) is 1. The van der Waals surface area contributed by atoms with Crippen molar-refractivity contribution in [1.29, 1.82) is 0 Å². The smallest absolute Gasteiger partial charge is 0.0248 e. The van der Waals surface area contributed by atoms with Crippen LogP contribution < -0.4 is 5.73 Å². The van der Waals surface area contributed by atoms with Gasteiger partial charge in [0, 0.05) is 44.8 Å². The van der Waals surface area contributed by atoms with E-state index in [1.165, 1.54) is 71.2 Å². The van der Waals surface area contributed by atoms with Crippen LogP contribution in [0.2, 0.25) is 0 Å². The largest absolute Gasteiger partial charge is 0.326 e. The van der Waals surface area contributed by atoms with Crippen LogP contribution in [0.5, 0.6) is 0 Å². The molecule has 0 bridgehead atoms. The Bertz CT molecular complexity index is 246. The van der Waals surface area contributed by atoms with Gasteiger partial charge in [-0.2, -0.15) is 0 Å². The van der Waals surface area contributed by atoms with E-state index in [4.69, 9.17) is 5.73 Å². The Kier molecular flexibility index (Phi) is 6.11. The van der Waals surface area contributed by atoms with E-state index in [1.807, 2.05) is 0 Å². The van der Waals surface area contributed by atoms with Gasteiger partial charge in [-0.1, -0.05) is 39.5 Å². The molecule has 19 heavy (non-hydrogen) atoms. The van der Waals surface area contributed by atoms with E-state index in [0.29, 0.717) is 12.1 Å². The summed E-state index contributed by atoms with van der Waals surface area (Å²) in [5.74, 6) is 0.787. The fourth-order valence-corrected chi connectivity index (χ4v) is 3.74. The summed E-state index contributed by atoms with van der Waals surface area (Å²) in [7, 11) is 0. The molecule has 2 atom stereocenters. The number of rotatable bonds is 3. The number of hydrogen-bond acceptors (Lipinski definition) is 3. The van der Waals surface area contributed by atoms with Gasteiger partial charge in [0.15, 0.2) is 0 Å². The average Bonchev–Trinajstić information content (AvgIpc) is 2.35. The summed E-state index contributed by atoms with van der Waals surface area (Å²) in [5.41, 5.74) is 6.44. The molecule has 0 aromatic heterocycles. The van der Waals surface area contributed by atoms with Crippen LogP contribution >= 0.6 is 0 Å². The summed E-state index contributed by atoms with van der Waals surface area (Å²) in [5, 5.41) is 0. The van der Waals surface area contributed by atoms with Gasteiger partial charge in [-0.05, 0) is 18.8 Å². The van der Waals surface area contributed by atoms with Crippen LogP contribution in [-0.2, 0) is 0 Å². The van der Waals surface area contributed by atoms with E-state index in [-0.39, 0.29) is 0 Å². The van der Waals surface area contributed by atoms with Gasteiger partial charge in [0.05, 0.1) is 0 Å². The molecule has 2 rings (SSSR count). The molecule has 1 heterocycles. The molecule has 0 radical (unpaired) electrons. The Morgan fingerprint density at radius 3 is 2.21 bits per heavy atom. The maximum atomic E-state index is 6.44. The van der Waals surface area contributed by atoms with E-state index in [2.05, 4.69) is 23.6 Å². The van der Waals surface area contributed by atoms with Gasteiger partial charge in [-0.3, -0.25) is 4.90 Å². The van der Waals surface area contributed by atoms with Crippen molar-refractivity contribution in [3.8, 4) is 0 Å². The van der Waals surface area contributed by atoms with Gasteiger partial charge in [-0.15, -0.1) is 0 Å². The minimum atomic E-state index is 0.414. The van der Waals surface area contributed by atoms with Crippen LogP contribution in [-0.4, -0.2) is 54.6 Å². The third-order valence-corrected chi connectivity index (χ3v) is 4.78. The molecule has 2 unspecified atom stereocenters. The van der Waals surface area contributed by atoms with Gasteiger partial charge in [0.2, 0.25) is 0 Å². The normalized spacial score (nSPS) is 32.2. The predicted octanol–water partition coefficient (Wildman–Crippen LogP) is 2.31. The Morgan fingerprint density at radius 1 is 0.947 bits per heavy atom. The van der Waals surface area contributed by atoms with Gasteiger partial charge < -0.3 is 10.6 Å². The van der Waals surface area contributed by atoms with E-state index < -0.39 is 0 Å². The van der Waals surface area contributed by atoms with Gasteiger partial charge in [-0.25, -0.2) is 0 Å². The van der Waals surface area contributed by atoms with Crippen molar-refractivity contribution < 1.29 is 0 Å². The molecule has 112 valence electrons. The van der Waals surface area contributed by atoms with Crippen LogP contribution in [0.15, 0.2) is 0 Å². The second-order valence-electron chi connectivity index (χ2n) is 6.95. The highest BCUT2D eigenvalue weighted by Gasteiger charge is 2.28. The Balaban J connectivity index is 1.81. The quantitative estimate of drug-likeness (QED) is 0.852. The lowest BCUT2D eigenvalue weighted by Gasteiger charge is -2.42. The van der Waals surface area contributed by atoms with Crippen LogP contribution in [0.25, 0.3) is 0 Å². The second-order valence-corrected chi connectivity index (χ2v) is 6.95. The van der Waals surface area contributed by atoms with Gasteiger partial charge >= 0.3 is 0 Å². The first kappa shape index (κ1) is 15.3. The van der Waals surface area contributed by atoms with E-state index in [0.717, 1.165) is 5.92 Å². The number of nitrogens with two attached hydrogens (primary N) is 1. The first-order chi connectivity index (χ1) is 9.16. The van der Waals surface area contributed by atoms with Crippen LogP contribution in [0, 0.1) is 5.92 Å². The minimum Gasteiger partial charge on any atom is -0.326 e. The van der Waals surface area contributed by atoms with Crippen LogP contribution in [0.4, 0.5) is 0 Å². The molecule has 1 aliphatic heterocycles. The lowest BCUT2D eigenvalue weighted by atomic mass is 9.91. The molecule has 3 heteroatoms. The average molecular weight is 267 g/mol. The fourth-order valence-electron chi connectivity index (χ4n) is 3.74. The van der Waals surface area contributed by atoms with E-state index in [9.17, 15) is 0 Å². The first-order valence-corrected chi connectivity index (χ1v) is 8.39. The van der Waals surface area contributed by atoms with Crippen molar-refractivity contribution in [2.24, 2.45) is 11.7 Å². The second kappa shape index (κ2) is 7.61. The minimum absolute atomic E-state index is 0.414. The lowest BCUT2D eigenvalue weighted by molar-refractivity contribution is 0.0698. The van der Waals surface area contributed by atoms with Gasteiger partial charge in [0.25, 0.3) is 0 Å². The van der Waals surface area contributed by atoms with Crippen molar-refractivity contribution in [2.45, 2.75) is 64.5 Å². The Labute approximate surface area is 119 Å². The lowest BCUT2D eigenvalue weighted by Crippen LogP contribution is -2.56. The molecule has 0 aromatic carbocycles. The molecule has 0 amide bonds. The van der Waals surface area contributed by atoms with E-state index >= 15 is 0 Å². The van der Waals surface area contributed by atoms with Crippen molar-refractivity contribution in [3.05, 3.63) is 0 Å². The van der Waals surface area contributed by atoms with Gasteiger partial charge in [0.1, 0.15) is 0 Å². The predicted molar refractivity (Wildman–Crippen MR) is 82.3 cm³/mol. The van der Waals surface area contributed by atoms with Crippen molar-refractivity contribution in [3.63, 3.8) is 0 Å². The summed E-state index contributed by atoms with van der Waals surface area (Å²) in [6.07, 6.45) is 8.08.